The molecule has 0 N–H and O–H groups in total. The third-order valence-electron chi connectivity index (χ3n) is 4.85. The van der Waals surface area contributed by atoms with Gasteiger partial charge in [-0.25, -0.2) is 4.98 Å². The summed E-state index contributed by atoms with van der Waals surface area (Å²) < 4.78 is 6.61. The van der Waals surface area contributed by atoms with Crippen molar-refractivity contribution < 1.29 is 14.5 Å². The number of fused-ring (bicyclic) bond motifs is 1. The van der Waals surface area contributed by atoms with Crippen LogP contribution < -0.4 is 4.74 Å². The highest BCUT2D eigenvalue weighted by Crippen LogP contribution is 2.33. The van der Waals surface area contributed by atoms with Crippen LogP contribution in [-0.4, -0.2) is 40.4 Å². The van der Waals surface area contributed by atoms with Crippen molar-refractivity contribution in [3.8, 4) is 5.75 Å². The van der Waals surface area contributed by atoms with Gasteiger partial charge >= 0.3 is 5.69 Å². The van der Waals surface area contributed by atoms with Crippen molar-refractivity contribution >= 4 is 33.1 Å². The van der Waals surface area contributed by atoms with E-state index in [1.165, 1.54) is 12.1 Å². The lowest BCUT2D eigenvalue weighted by molar-refractivity contribution is -0.385. The maximum absolute atomic E-state index is 12.6. The molecule has 1 aliphatic rings. The topological polar surface area (TPSA) is 85.6 Å². The number of carbonyl (C=O) groups is 1. The van der Waals surface area contributed by atoms with Crippen LogP contribution in [0.25, 0.3) is 10.2 Å². The number of para-hydroxylation sites is 3. The highest BCUT2D eigenvalue weighted by atomic mass is 32.1. The van der Waals surface area contributed by atoms with E-state index in [1.807, 2.05) is 18.2 Å². The van der Waals surface area contributed by atoms with E-state index in [0.29, 0.717) is 13.1 Å². The monoisotopic (exact) mass is 397 g/mol. The second kappa shape index (κ2) is 7.93. The fraction of sp³-hybridized carbons (Fsp3) is 0.300. The van der Waals surface area contributed by atoms with Crippen LogP contribution in [0.2, 0.25) is 0 Å². The molecule has 3 aromatic rings. The van der Waals surface area contributed by atoms with Gasteiger partial charge in [0, 0.05) is 25.1 Å². The molecule has 0 saturated carbocycles. The molecule has 8 heteroatoms. The molecule has 144 valence electrons. The predicted molar refractivity (Wildman–Crippen MR) is 107 cm³/mol. The molecule has 1 amide bonds. The largest absolute Gasteiger partial charge is 0.477 e. The van der Waals surface area contributed by atoms with E-state index in [2.05, 4.69) is 6.07 Å². The van der Waals surface area contributed by atoms with Crippen LogP contribution in [0.3, 0.4) is 0 Å². The minimum atomic E-state index is -0.510. The maximum atomic E-state index is 12.6. The van der Waals surface area contributed by atoms with Crippen LogP contribution in [0.5, 0.6) is 5.75 Å². The molecule has 28 heavy (non-hydrogen) atoms. The molecule has 0 spiro atoms. The van der Waals surface area contributed by atoms with E-state index < -0.39 is 4.92 Å². The minimum Gasteiger partial charge on any atom is -0.477 e. The third kappa shape index (κ3) is 3.82. The number of aromatic nitrogens is 1. The number of nitro benzene ring substituents is 1. The number of thiazole rings is 1. The van der Waals surface area contributed by atoms with E-state index in [9.17, 15) is 14.9 Å². The second-order valence-electron chi connectivity index (χ2n) is 6.71. The Balaban J connectivity index is 1.41. The van der Waals surface area contributed by atoms with Crippen molar-refractivity contribution in [2.45, 2.75) is 18.8 Å². The number of carbonyl (C=O) groups excluding carboxylic acids is 1. The molecule has 0 bridgehead atoms. The van der Waals surface area contributed by atoms with Gasteiger partial charge in [-0.3, -0.25) is 14.9 Å². The van der Waals surface area contributed by atoms with Crippen LogP contribution in [0.4, 0.5) is 5.69 Å². The van der Waals surface area contributed by atoms with Crippen molar-refractivity contribution in [2.24, 2.45) is 0 Å². The van der Waals surface area contributed by atoms with E-state index in [4.69, 9.17) is 9.72 Å². The first-order valence-electron chi connectivity index (χ1n) is 9.11. The van der Waals surface area contributed by atoms with Gasteiger partial charge < -0.3 is 9.64 Å². The van der Waals surface area contributed by atoms with Crippen molar-refractivity contribution in [3.05, 3.63) is 63.7 Å². The summed E-state index contributed by atoms with van der Waals surface area (Å²) in [5, 5.41) is 12.1. The summed E-state index contributed by atoms with van der Waals surface area (Å²) in [7, 11) is 0. The van der Waals surface area contributed by atoms with Crippen LogP contribution in [0.1, 0.15) is 23.8 Å². The maximum Gasteiger partial charge on any atom is 0.310 e. The zero-order valence-electron chi connectivity index (χ0n) is 15.1. The molecule has 0 unspecified atom stereocenters. The Kier molecular flexibility index (Phi) is 5.21. The molecular formula is C20H19N3O4S. The van der Waals surface area contributed by atoms with Crippen molar-refractivity contribution in [3.63, 3.8) is 0 Å². The number of piperidine rings is 1. The van der Waals surface area contributed by atoms with Gasteiger partial charge in [-0.05, 0) is 31.0 Å². The Morgan fingerprint density at radius 1 is 1.25 bits per heavy atom. The van der Waals surface area contributed by atoms with Crippen LogP contribution in [0.15, 0.2) is 48.5 Å². The number of likely N-dealkylation sites (tertiary alicyclic amines) is 1. The van der Waals surface area contributed by atoms with Crippen LogP contribution >= 0.6 is 11.3 Å². The molecule has 7 nitrogen and oxygen atoms in total. The normalized spacial score (nSPS) is 16.9. The lowest BCUT2D eigenvalue weighted by Crippen LogP contribution is -2.41. The summed E-state index contributed by atoms with van der Waals surface area (Å²) in [5.41, 5.74) is 0.854. The van der Waals surface area contributed by atoms with Crippen molar-refractivity contribution in [1.29, 1.82) is 0 Å². The van der Waals surface area contributed by atoms with Gasteiger partial charge in [-0.2, -0.15) is 0 Å². The average molecular weight is 397 g/mol. The van der Waals surface area contributed by atoms with E-state index in [0.717, 1.165) is 28.1 Å². The Morgan fingerprint density at radius 2 is 2.04 bits per heavy atom. The number of benzene rings is 2. The number of nitrogens with zero attached hydrogens (tertiary/aromatic N) is 3. The molecule has 2 heterocycles. The van der Waals surface area contributed by atoms with Gasteiger partial charge in [0.15, 0.2) is 12.4 Å². The predicted octanol–water partition coefficient (Wildman–Crippen LogP) is 3.99. The summed E-state index contributed by atoms with van der Waals surface area (Å²) in [6, 6.07) is 14.1. The molecule has 0 radical (unpaired) electrons. The first kappa shape index (κ1) is 18.4. The molecular weight excluding hydrogens is 378 g/mol. The van der Waals surface area contributed by atoms with Gasteiger partial charge in [0.2, 0.25) is 0 Å². The van der Waals surface area contributed by atoms with Gasteiger partial charge in [0.1, 0.15) is 0 Å². The highest BCUT2D eigenvalue weighted by Gasteiger charge is 2.27. The summed E-state index contributed by atoms with van der Waals surface area (Å²) in [6.07, 6.45) is 1.90. The first-order chi connectivity index (χ1) is 13.6. The standard InChI is InChI=1S/C20H19N3O4S/c24-19(13-27-17-9-3-2-8-16(17)23(25)26)22-11-5-6-14(12-22)20-21-15-7-1-4-10-18(15)28-20/h1-4,7-10,14H,5-6,11-13H2/t14-/m0/s1. The molecule has 1 saturated heterocycles. The second-order valence-corrected chi connectivity index (χ2v) is 7.77. The fourth-order valence-electron chi connectivity index (χ4n) is 3.43. The summed E-state index contributed by atoms with van der Waals surface area (Å²) in [5.74, 6) is 0.158. The molecule has 1 atom stereocenters. The third-order valence-corrected chi connectivity index (χ3v) is 6.05. The molecule has 1 fully saturated rings. The number of rotatable bonds is 5. The van der Waals surface area contributed by atoms with Gasteiger partial charge in [0.05, 0.1) is 20.1 Å². The van der Waals surface area contributed by atoms with Gasteiger partial charge in [-0.1, -0.05) is 24.3 Å². The summed E-state index contributed by atoms with van der Waals surface area (Å²) >= 11 is 1.68. The Labute approximate surface area is 165 Å². The minimum absolute atomic E-state index is 0.112. The van der Waals surface area contributed by atoms with E-state index in [1.54, 1.807) is 28.4 Å². The first-order valence-corrected chi connectivity index (χ1v) is 9.93. The number of ether oxygens (including phenoxy) is 1. The number of hydrogen-bond donors (Lipinski definition) is 0. The van der Waals surface area contributed by atoms with E-state index in [-0.39, 0.29) is 29.9 Å². The Bertz CT molecular complexity index is 986. The van der Waals surface area contributed by atoms with Crippen LogP contribution in [-0.2, 0) is 4.79 Å². The van der Waals surface area contributed by atoms with Crippen molar-refractivity contribution in [2.75, 3.05) is 19.7 Å². The molecule has 4 rings (SSSR count). The summed E-state index contributed by atoms with van der Waals surface area (Å²) in [4.78, 5) is 29.7. The van der Waals surface area contributed by atoms with Gasteiger partial charge in [-0.15, -0.1) is 11.3 Å². The smallest absolute Gasteiger partial charge is 0.310 e. The molecule has 0 aliphatic carbocycles. The number of hydrogen-bond acceptors (Lipinski definition) is 6. The van der Waals surface area contributed by atoms with Crippen LogP contribution in [0, 0.1) is 10.1 Å². The van der Waals surface area contributed by atoms with E-state index >= 15 is 0 Å². The van der Waals surface area contributed by atoms with Gasteiger partial charge in [0.25, 0.3) is 5.91 Å². The average Bonchev–Trinajstić information content (AvgIpc) is 3.16. The number of nitro groups is 1. The fourth-order valence-corrected chi connectivity index (χ4v) is 4.52. The SMILES string of the molecule is O=C(COc1ccccc1[N+](=O)[O-])N1CCC[C@H](c2nc3ccccc3s2)C1. The zero-order valence-corrected chi connectivity index (χ0v) is 15.9. The molecule has 1 aliphatic heterocycles. The zero-order chi connectivity index (χ0) is 19.5. The molecule has 2 aromatic carbocycles. The lowest BCUT2D eigenvalue weighted by Gasteiger charge is -2.31. The Hall–Kier alpha value is -3.00. The summed E-state index contributed by atoms with van der Waals surface area (Å²) in [6.45, 7) is 1.05. The quantitative estimate of drug-likeness (QED) is 0.480. The lowest BCUT2D eigenvalue weighted by atomic mass is 9.99. The Morgan fingerprint density at radius 3 is 2.86 bits per heavy atom. The highest BCUT2D eigenvalue weighted by molar-refractivity contribution is 7.18. The van der Waals surface area contributed by atoms with Crippen molar-refractivity contribution in [1.82, 2.24) is 9.88 Å². The molecule has 1 aromatic heterocycles. The number of amides is 1.